The Morgan fingerprint density at radius 1 is 1.43 bits per heavy atom. The number of aryl methyl sites for hydroxylation is 2. The zero-order valence-electron chi connectivity index (χ0n) is 12.3. The van der Waals surface area contributed by atoms with E-state index in [1.165, 1.54) is 11.3 Å². The maximum absolute atomic E-state index is 12.3. The standard InChI is InChI=1S/C14H18N4O2S/c1-9-8-11(4-5-15-9)18-13(19)12-14(16-6-7-20-3)21-10(2)17-12/h4-5,8,16H,6-7H2,1-3H3,(H,15,18,19). The minimum Gasteiger partial charge on any atom is -0.383 e. The summed E-state index contributed by atoms with van der Waals surface area (Å²) >= 11 is 1.46. The molecule has 2 aromatic rings. The molecular weight excluding hydrogens is 288 g/mol. The van der Waals surface area contributed by atoms with Gasteiger partial charge in [-0.3, -0.25) is 9.78 Å². The second-order valence-electron chi connectivity index (χ2n) is 4.47. The maximum Gasteiger partial charge on any atom is 0.277 e. The van der Waals surface area contributed by atoms with Crippen LogP contribution in [0.1, 0.15) is 21.2 Å². The van der Waals surface area contributed by atoms with Crippen LogP contribution in [-0.4, -0.2) is 36.1 Å². The van der Waals surface area contributed by atoms with E-state index in [1.807, 2.05) is 19.9 Å². The minimum atomic E-state index is -0.232. The average molecular weight is 306 g/mol. The van der Waals surface area contributed by atoms with Gasteiger partial charge < -0.3 is 15.4 Å². The fraction of sp³-hybridized carbons (Fsp3) is 0.357. The maximum atomic E-state index is 12.3. The molecule has 21 heavy (non-hydrogen) atoms. The van der Waals surface area contributed by atoms with Gasteiger partial charge in [0.15, 0.2) is 5.69 Å². The third-order valence-corrected chi connectivity index (χ3v) is 3.62. The number of carbonyl (C=O) groups excluding carboxylic acids is 1. The van der Waals surface area contributed by atoms with Gasteiger partial charge in [-0.05, 0) is 26.0 Å². The van der Waals surface area contributed by atoms with Crippen molar-refractivity contribution in [2.45, 2.75) is 13.8 Å². The summed E-state index contributed by atoms with van der Waals surface area (Å²) in [7, 11) is 1.64. The van der Waals surface area contributed by atoms with Gasteiger partial charge in [0.25, 0.3) is 5.91 Å². The first kappa shape index (κ1) is 15.4. The van der Waals surface area contributed by atoms with E-state index in [4.69, 9.17) is 4.74 Å². The van der Waals surface area contributed by atoms with Crippen molar-refractivity contribution in [3.05, 3.63) is 34.7 Å². The number of thiazole rings is 1. The number of rotatable bonds is 6. The number of carbonyl (C=O) groups is 1. The van der Waals surface area contributed by atoms with Crippen molar-refractivity contribution in [1.82, 2.24) is 9.97 Å². The second kappa shape index (κ2) is 7.14. The second-order valence-corrected chi connectivity index (χ2v) is 5.67. The number of hydrogen-bond donors (Lipinski definition) is 2. The first-order chi connectivity index (χ1) is 10.1. The molecule has 0 atom stereocenters. The number of amides is 1. The quantitative estimate of drug-likeness (QED) is 0.802. The number of methoxy groups -OCH3 is 1. The molecule has 2 rings (SSSR count). The van der Waals surface area contributed by atoms with E-state index in [0.29, 0.717) is 24.5 Å². The molecule has 6 nitrogen and oxygen atoms in total. The van der Waals surface area contributed by atoms with Gasteiger partial charge in [0.05, 0.1) is 11.6 Å². The SMILES string of the molecule is COCCNc1sc(C)nc1C(=O)Nc1ccnc(C)c1. The number of nitrogens with zero attached hydrogens (tertiary/aromatic N) is 2. The van der Waals surface area contributed by atoms with Crippen molar-refractivity contribution in [2.24, 2.45) is 0 Å². The van der Waals surface area contributed by atoms with Gasteiger partial charge in [-0.25, -0.2) is 4.98 Å². The summed E-state index contributed by atoms with van der Waals surface area (Å²) in [5.74, 6) is -0.232. The van der Waals surface area contributed by atoms with E-state index in [9.17, 15) is 4.79 Å². The molecule has 0 saturated heterocycles. The molecule has 7 heteroatoms. The van der Waals surface area contributed by atoms with Gasteiger partial charge in [0.2, 0.25) is 0 Å². The van der Waals surface area contributed by atoms with E-state index in [2.05, 4.69) is 20.6 Å². The van der Waals surface area contributed by atoms with Crippen LogP contribution in [0, 0.1) is 13.8 Å². The van der Waals surface area contributed by atoms with Crippen molar-refractivity contribution >= 4 is 27.9 Å². The van der Waals surface area contributed by atoms with Crippen LogP contribution < -0.4 is 10.6 Å². The summed E-state index contributed by atoms with van der Waals surface area (Å²) in [5, 5.41) is 7.60. The molecule has 0 radical (unpaired) electrons. The molecule has 0 bridgehead atoms. The molecule has 2 heterocycles. The molecule has 0 aliphatic heterocycles. The third-order valence-electron chi connectivity index (χ3n) is 2.70. The smallest absolute Gasteiger partial charge is 0.277 e. The molecule has 0 aliphatic carbocycles. The zero-order chi connectivity index (χ0) is 15.2. The van der Waals surface area contributed by atoms with E-state index < -0.39 is 0 Å². The normalized spacial score (nSPS) is 10.4. The molecular formula is C14H18N4O2S. The van der Waals surface area contributed by atoms with Gasteiger partial charge in [-0.2, -0.15) is 0 Å². The van der Waals surface area contributed by atoms with E-state index in [1.54, 1.807) is 19.4 Å². The first-order valence-electron chi connectivity index (χ1n) is 6.54. The van der Waals surface area contributed by atoms with Gasteiger partial charge in [0.1, 0.15) is 5.00 Å². The molecule has 0 aliphatic rings. The molecule has 0 spiro atoms. The largest absolute Gasteiger partial charge is 0.383 e. The molecule has 112 valence electrons. The average Bonchev–Trinajstić information content (AvgIpc) is 2.80. The summed E-state index contributed by atoms with van der Waals surface area (Å²) in [6, 6.07) is 3.57. The van der Waals surface area contributed by atoms with Crippen LogP contribution >= 0.6 is 11.3 Å². The lowest BCUT2D eigenvalue weighted by Gasteiger charge is -2.07. The van der Waals surface area contributed by atoms with Crippen LogP contribution in [0.15, 0.2) is 18.3 Å². The van der Waals surface area contributed by atoms with Gasteiger partial charge in [-0.15, -0.1) is 11.3 Å². The number of pyridine rings is 1. The number of hydrogen-bond acceptors (Lipinski definition) is 6. The molecule has 0 unspecified atom stereocenters. The highest BCUT2D eigenvalue weighted by atomic mass is 32.1. The highest BCUT2D eigenvalue weighted by Gasteiger charge is 2.17. The Morgan fingerprint density at radius 2 is 2.24 bits per heavy atom. The number of nitrogens with one attached hydrogen (secondary N) is 2. The van der Waals surface area contributed by atoms with E-state index in [0.717, 1.165) is 15.7 Å². The van der Waals surface area contributed by atoms with Crippen LogP contribution in [0.2, 0.25) is 0 Å². The lowest BCUT2D eigenvalue weighted by molar-refractivity contribution is 0.102. The Labute approximate surface area is 127 Å². The van der Waals surface area contributed by atoms with Crippen molar-refractivity contribution in [1.29, 1.82) is 0 Å². The first-order valence-corrected chi connectivity index (χ1v) is 7.36. The lowest BCUT2D eigenvalue weighted by Crippen LogP contribution is -2.16. The van der Waals surface area contributed by atoms with E-state index in [-0.39, 0.29) is 5.91 Å². The van der Waals surface area contributed by atoms with Crippen LogP contribution in [0.5, 0.6) is 0 Å². The Kier molecular flexibility index (Phi) is 5.24. The zero-order valence-corrected chi connectivity index (χ0v) is 13.1. The predicted molar refractivity (Wildman–Crippen MR) is 84.1 cm³/mol. The highest BCUT2D eigenvalue weighted by molar-refractivity contribution is 7.16. The van der Waals surface area contributed by atoms with Gasteiger partial charge >= 0.3 is 0 Å². The Hall–Kier alpha value is -1.99. The fourth-order valence-corrected chi connectivity index (χ4v) is 2.62. The predicted octanol–water partition coefficient (Wildman–Crippen LogP) is 2.47. The number of ether oxygens (including phenoxy) is 1. The fourth-order valence-electron chi connectivity index (χ4n) is 1.78. The third kappa shape index (κ3) is 4.24. The summed E-state index contributed by atoms with van der Waals surface area (Å²) in [6.45, 7) is 4.95. The number of anilines is 2. The Bertz CT molecular complexity index is 627. The summed E-state index contributed by atoms with van der Waals surface area (Å²) in [6.07, 6.45) is 1.66. The number of aromatic nitrogens is 2. The van der Waals surface area contributed by atoms with E-state index >= 15 is 0 Å². The van der Waals surface area contributed by atoms with Gasteiger partial charge in [0, 0.05) is 31.2 Å². The lowest BCUT2D eigenvalue weighted by atomic mass is 10.3. The monoisotopic (exact) mass is 306 g/mol. The topological polar surface area (TPSA) is 76.1 Å². The van der Waals surface area contributed by atoms with Crippen molar-refractivity contribution in [3.63, 3.8) is 0 Å². The Balaban J connectivity index is 2.11. The molecule has 0 fully saturated rings. The summed E-state index contributed by atoms with van der Waals surface area (Å²) < 4.78 is 4.99. The molecule has 0 aromatic carbocycles. The summed E-state index contributed by atoms with van der Waals surface area (Å²) in [4.78, 5) is 20.7. The van der Waals surface area contributed by atoms with Crippen LogP contribution in [0.4, 0.5) is 10.7 Å². The van der Waals surface area contributed by atoms with Crippen molar-refractivity contribution in [2.75, 3.05) is 30.9 Å². The molecule has 1 amide bonds. The van der Waals surface area contributed by atoms with Crippen LogP contribution in [-0.2, 0) is 4.74 Å². The summed E-state index contributed by atoms with van der Waals surface area (Å²) in [5.41, 5.74) is 1.96. The van der Waals surface area contributed by atoms with Gasteiger partial charge in [-0.1, -0.05) is 0 Å². The molecule has 2 N–H and O–H groups in total. The van der Waals surface area contributed by atoms with Crippen LogP contribution in [0.3, 0.4) is 0 Å². The van der Waals surface area contributed by atoms with Crippen LogP contribution in [0.25, 0.3) is 0 Å². The highest BCUT2D eigenvalue weighted by Crippen LogP contribution is 2.24. The Morgan fingerprint density at radius 3 is 2.95 bits per heavy atom. The molecule has 2 aromatic heterocycles. The van der Waals surface area contributed by atoms with Crippen molar-refractivity contribution in [3.8, 4) is 0 Å². The van der Waals surface area contributed by atoms with Crippen molar-refractivity contribution < 1.29 is 9.53 Å². The minimum absolute atomic E-state index is 0.232. The molecule has 0 saturated carbocycles.